The minimum atomic E-state index is -0.275. The van der Waals surface area contributed by atoms with Gasteiger partial charge in [-0.2, -0.15) is 0 Å². The summed E-state index contributed by atoms with van der Waals surface area (Å²) in [5, 5.41) is 3.88. The van der Waals surface area contributed by atoms with Crippen LogP contribution < -0.4 is 10.1 Å². The van der Waals surface area contributed by atoms with Gasteiger partial charge in [-0.15, -0.1) is 0 Å². The lowest BCUT2D eigenvalue weighted by molar-refractivity contribution is 0.0714. The lowest BCUT2D eigenvalue weighted by Gasteiger charge is -2.35. The number of carbonyl (C=O) groups is 1. The van der Waals surface area contributed by atoms with Gasteiger partial charge >= 0.3 is 0 Å². The zero-order valence-corrected chi connectivity index (χ0v) is 12.2. The average Bonchev–Trinajstić information content (AvgIpc) is 2.47. The smallest absolute Gasteiger partial charge is 0.172 e. The van der Waals surface area contributed by atoms with Crippen molar-refractivity contribution in [2.24, 2.45) is 5.41 Å². The van der Waals surface area contributed by atoms with Gasteiger partial charge in [-0.1, -0.05) is 18.5 Å². The van der Waals surface area contributed by atoms with Crippen LogP contribution in [0, 0.1) is 5.41 Å². The molecule has 1 saturated heterocycles. The molecular formula is C15H20ClNO2. The summed E-state index contributed by atoms with van der Waals surface area (Å²) in [6, 6.07) is 5.24. The largest absolute Gasteiger partial charge is 0.496 e. The fourth-order valence-electron chi connectivity index (χ4n) is 2.79. The predicted molar refractivity (Wildman–Crippen MR) is 77.2 cm³/mol. The molecule has 1 heterocycles. The number of rotatable bonds is 4. The number of hydrogen-bond acceptors (Lipinski definition) is 3. The third-order valence-electron chi connectivity index (χ3n) is 4.13. The minimum Gasteiger partial charge on any atom is -0.496 e. The van der Waals surface area contributed by atoms with Crippen molar-refractivity contribution in [3.8, 4) is 5.75 Å². The summed E-state index contributed by atoms with van der Waals surface area (Å²) < 4.78 is 5.31. The van der Waals surface area contributed by atoms with Crippen LogP contribution in [0.1, 0.15) is 36.5 Å². The Morgan fingerprint density at radius 3 is 2.68 bits per heavy atom. The number of hydrogen-bond donors (Lipinski definition) is 1. The van der Waals surface area contributed by atoms with Crippen LogP contribution in [-0.4, -0.2) is 26.0 Å². The molecule has 1 aromatic carbocycles. The van der Waals surface area contributed by atoms with Crippen LogP contribution in [0.5, 0.6) is 5.75 Å². The molecule has 1 fully saturated rings. The van der Waals surface area contributed by atoms with Gasteiger partial charge in [-0.05, 0) is 50.6 Å². The SMILES string of the molecule is CCC1(C(=O)c2cc(Cl)ccc2OC)CCNCC1. The first-order chi connectivity index (χ1) is 9.13. The molecule has 1 N–H and O–H groups in total. The second-order valence-corrected chi connectivity index (χ2v) is 5.49. The van der Waals surface area contributed by atoms with Crippen LogP contribution in [-0.2, 0) is 0 Å². The van der Waals surface area contributed by atoms with E-state index >= 15 is 0 Å². The summed E-state index contributed by atoms with van der Waals surface area (Å²) in [5.74, 6) is 0.775. The molecular weight excluding hydrogens is 262 g/mol. The van der Waals surface area contributed by atoms with Gasteiger partial charge in [0.2, 0.25) is 0 Å². The summed E-state index contributed by atoms with van der Waals surface area (Å²) in [6.45, 7) is 3.87. The molecule has 1 aliphatic heterocycles. The van der Waals surface area contributed by atoms with E-state index in [0.29, 0.717) is 16.3 Å². The molecule has 4 heteroatoms. The van der Waals surface area contributed by atoms with Crippen LogP contribution in [0.3, 0.4) is 0 Å². The lowest BCUT2D eigenvalue weighted by atomic mass is 9.71. The van der Waals surface area contributed by atoms with Gasteiger partial charge in [0.1, 0.15) is 5.75 Å². The Bertz CT molecular complexity index is 467. The molecule has 0 aromatic heterocycles. The zero-order valence-electron chi connectivity index (χ0n) is 11.5. The summed E-state index contributed by atoms with van der Waals surface area (Å²) in [7, 11) is 1.58. The molecule has 1 aromatic rings. The number of ketones is 1. The van der Waals surface area contributed by atoms with Gasteiger partial charge in [-0.3, -0.25) is 4.79 Å². The van der Waals surface area contributed by atoms with Gasteiger partial charge in [0.15, 0.2) is 5.78 Å². The highest BCUT2D eigenvalue weighted by atomic mass is 35.5. The second kappa shape index (κ2) is 5.93. The lowest BCUT2D eigenvalue weighted by Crippen LogP contribution is -2.41. The summed E-state index contributed by atoms with van der Waals surface area (Å²) >= 11 is 6.03. The first-order valence-electron chi connectivity index (χ1n) is 6.72. The first-order valence-corrected chi connectivity index (χ1v) is 7.10. The molecule has 0 amide bonds. The third kappa shape index (κ3) is 2.77. The van der Waals surface area contributed by atoms with Crippen LogP contribution in [0.15, 0.2) is 18.2 Å². The molecule has 0 spiro atoms. The number of methoxy groups -OCH3 is 1. The van der Waals surface area contributed by atoms with Crippen molar-refractivity contribution in [1.29, 1.82) is 0 Å². The molecule has 1 aliphatic rings. The van der Waals surface area contributed by atoms with Crippen molar-refractivity contribution in [3.63, 3.8) is 0 Å². The van der Waals surface area contributed by atoms with Crippen LogP contribution in [0.2, 0.25) is 5.02 Å². The number of carbonyl (C=O) groups excluding carboxylic acids is 1. The Balaban J connectivity index is 2.39. The molecule has 0 atom stereocenters. The normalized spacial score (nSPS) is 18.1. The number of Topliss-reactive ketones (excluding diaryl/α,β-unsaturated/α-hetero) is 1. The number of benzene rings is 1. The van der Waals surface area contributed by atoms with Crippen LogP contribution in [0.4, 0.5) is 0 Å². The van der Waals surface area contributed by atoms with Gasteiger partial charge < -0.3 is 10.1 Å². The Morgan fingerprint density at radius 1 is 1.42 bits per heavy atom. The van der Waals surface area contributed by atoms with E-state index in [-0.39, 0.29) is 11.2 Å². The topological polar surface area (TPSA) is 38.3 Å². The highest BCUT2D eigenvalue weighted by molar-refractivity contribution is 6.31. The van der Waals surface area contributed by atoms with Gasteiger partial charge in [0.25, 0.3) is 0 Å². The van der Waals surface area contributed by atoms with Crippen molar-refractivity contribution >= 4 is 17.4 Å². The number of halogens is 1. The Labute approximate surface area is 119 Å². The highest BCUT2D eigenvalue weighted by Crippen LogP contribution is 2.39. The van der Waals surface area contributed by atoms with Crippen molar-refractivity contribution < 1.29 is 9.53 Å². The zero-order chi connectivity index (χ0) is 13.9. The fourth-order valence-corrected chi connectivity index (χ4v) is 2.96. The maximum absolute atomic E-state index is 12.9. The number of nitrogens with one attached hydrogen (secondary N) is 1. The highest BCUT2D eigenvalue weighted by Gasteiger charge is 2.39. The quantitative estimate of drug-likeness (QED) is 0.861. The molecule has 104 valence electrons. The van der Waals surface area contributed by atoms with E-state index in [0.717, 1.165) is 32.4 Å². The van der Waals surface area contributed by atoms with E-state index in [2.05, 4.69) is 12.2 Å². The second-order valence-electron chi connectivity index (χ2n) is 5.06. The van der Waals surface area contributed by atoms with Crippen LogP contribution in [0.25, 0.3) is 0 Å². The minimum absolute atomic E-state index is 0.163. The number of piperidine rings is 1. The molecule has 3 nitrogen and oxygen atoms in total. The monoisotopic (exact) mass is 281 g/mol. The summed E-state index contributed by atoms with van der Waals surface area (Å²) in [6.07, 6.45) is 2.60. The van der Waals surface area contributed by atoms with E-state index < -0.39 is 0 Å². The van der Waals surface area contributed by atoms with E-state index in [9.17, 15) is 4.79 Å². The molecule has 0 bridgehead atoms. The average molecular weight is 282 g/mol. The molecule has 2 rings (SSSR count). The molecule has 0 saturated carbocycles. The van der Waals surface area contributed by atoms with Crippen molar-refractivity contribution in [3.05, 3.63) is 28.8 Å². The summed E-state index contributed by atoms with van der Waals surface area (Å²) in [4.78, 5) is 12.9. The maximum Gasteiger partial charge on any atom is 0.172 e. The summed E-state index contributed by atoms with van der Waals surface area (Å²) in [5.41, 5.74) is 0.335. The van der Waals surface area contributed by atoms with E-state index in [1.807, 2.05) is 0 Å². The van der Waals surface area contributed by atoms with Crippen molar-refractivity contribution in [2.75, 3.05) is 20.2 Å². The Kier molecular flexibility index (Phi) is 4.48. The predicted octanol–water partition coefficient (Wildman–Crippen LogP) is 3.31. The molecule has 0 aliphatic carbocycles. The molecule has 19 heavy (non-hydrogen) atoms. The van der Waals surface area contributed by atoms with E-state index in [4.69, 9.17) is 16.3 Å². The fraction of sp³-hybridized carbons (Fsp3) is 0.533. The third-order valence-corrected chi connectivity index (χ3v) is 4.36. The number of ether oxygens (including phenoxy) is 1. The first kappa shape index (κ1) is 14.4. The van der Waals surface area contributed by atoms with E-state index in [1.165, 1.54) is 0 Å². The maximum atomic E-state index is 12.9. The Morgan fingerprint density at radius 2 is 2.11 bits per heavy atom. The van der Waals surface area contributed by atoms with Crippen molar-refractivity contribution in [2.45, 2.75) is 26.2 Å². The molecule has 0 unspecified atom stereocenters. The van der Waals surface area contributed by atoms with Crippen molar-refractivity contribution in [1.82, 2.24) is 5.32 Å². The molecule has 0 radical (unpaired) electrons. The van der Waals surface area contributed by atoms with Gasteiger partial charge in [0.05, 0.1) is 12.7 Å². The van der Waals surface area contributed by atoms with Gasteiger partial charge in [0, 0.05) is 10.4 Å². The Hall–Kier alpha value is -1.06. The standard InChI is InChI=1S/C15H20ClNO2/c1-3-15(6-8-17-9-7-15)14(18)12-10-11(16)4-5-13(12)19-2/h4-5,10,17H,3,6-9H2,1-2H3. The van der Waals surface area contributed by atoms with Gasteiger partial charge in [-0.25, -0.2) is 0 Å². The van der Waals surface area contributed by atoms with E-state index in [1.54, 1.807) is 25.3 Å². The van der Waals surface area contributed by atoms with Crippen LogP contribution >= 0.6 is 11.6 Å².